The molecule has 5 nitrogen and oxygen atoms in total. The molecular formula is C25H23N3O2. The van der Waals surface area contributed by atoms with E-state index in [0.29, 0.717) is 0 Å². The number of nitrogens with one attached hydrogen (secondary N) is 2. The van der Waals surface area contributed by atoms with Crippen LogP contribution in [-0.4, -0.2) is 17.1 Å². The summed E-state index contributed by atoms with van der Waals surface area (Å²) in [5.74, 6) is 1.70. The first kappa shape index (κ1) is 18.3. The summed E-state index contributed by atoms with van der Waals surface area (Å²) in [6, 6.07) is 14.4. The van der Waals surface area contributed by atoms with E-state index >= 15 is 0 Å². The van der Waals surface area contributed by atoms with Crippen LogP contribution in [0.25, 0.3) is 33.3 Å². The lowest BCUT2D eigenvalue weighted by molar-refractivity contribution is 0.408. The topological polar surface area (TPSA) is 63.1 Å². The molecule has 3 heterocycles. The summed E-state index contributed by atoms with van der Waals surface area (Å²) in [4.78, 5) is 7.76. The van der Waals surface area contributed by atoms with E-state index in [-0.39, 0.29) is 0 Å². The van der Waals surface area contributed by atoms with Gasteiger partial charge in [0.15, 0.2) is 5.58 Å². The molecule has 150 valence electrons. The molecule has 0 amide bonds. The Morgan fingerprint density at radius 2 is 1.77 bits per heavy atom. The molecule has 0 atom stereocenters. The van der Waals surface area contributed by atoms with Crippen LogP contribution >= 0.6 is 0 Å². The highest BCUT2D eigenvalue weighted by atomic mass is 16.5. The second kappa shape index (κ2) is 6.95. The van der Waals surface area contributed by atoms with E-state index in [1.165, 1.54) is 10.9 Å². The van der Waals surface area contributed by atoms with E-state index in [1.54, 1.807) is 13.3 Å². The van der Waals surface area contributed by atoms with Crippen LogP contribution in [0, 0.1) is 20.8 Å². The first-order valence-corrected chi connectivity index (χ1v) is 9.93. The van der Waals surface area contributed by atoms with Crippen molar-refractivity contribution in [1.29, 1.82) is 0 Å². The van der Waals surface area contributed by atoms with Crippen molar-refractivity contribution in [1.82, 2.24) is 9.97 Å². The number of rotatable bonds is 4. The summed E-state index contributed by atoms with van der Waals surface area (Å²) in [6.45, 7) is 6.21. The highest BCUT2D eigenvalue weighted by Crippen LogP contribution is 2.36. The number of anilines is 2. The Bertz CT molecular complexity index is 1370. The Balaban J connectivity index is 1.58. The van der Waals surface area contributed by atoms with Crippen molar-refractivity contribution >= 4 is 33.4 Å². The van der Waals surface area contributed by atoms with E-state index < -0.39 is 0 Å². The number of aromatic nitrogens is 2. The van der Waals surface area contributed by atoms with Gasteiger partial charge in [0.25, 0.3) is 0 Å². The third kappa shape index (κ3) is 2.90. The predicted octanol–water partition coefficient (Wildman–Crippen LogP) is 6.65. The molecule has 5 rings (SSSR count). The summed E-state index contributed by atoms with van der Waals surface area (Å²) in [6.07, 6.45) is 3.77. The number of nitrogens with zero attached hydrogens (tertiary/aromatic N) is 1. The van der Waals surface area contributed by atoms with Crippen LogP contribution in [0.2, 0.25) is 0 Å². The lowest BCUT2D eigenvalue weighted by Gasteiger charge is -2.11. The fourth-order valence-electron chi connectivity index (χ4n) is 4.16. The van der Waals surface area contributed by atoms with Crippen LogP contribution in [0.1, 0.15) is 16.7 Å². The minimum atomic E-state index is 0.743. The van der Waals surface area contributed by atoms with Crippen LogP contribution in [0.4, 0.5) is 11.4 Å². The monoisotopic (exact) mass is 397 g/mol. The van der Waals surface area contributed by atoms with Gasteiger partial charge in [0.1, 0.15) is 17.0 Å². The zero-order valence-electron chi connectivity index (χ0n) is 17.5. The van der Waals surface area contributed by atoms with Crippen molar-refractivity contribution in [2.45, 2.75) is 20.8 Å². The maximum absolute atomic E-state index is 6.28. The zero-order valence-corrected chi connectivity index (χ0v) is 17.5. The van der Waals surface area contributed by atoms with E-state index in [9.17, 15) is 0 Å². The van der Waals surface area contributed by atoms with Gasteiger partial charge in [0.2, 0.25) is 0 Å². The third-order valence-corrected chi connectivity index (χ3v) is 5.63. The molecule has 0 spiro atoms. The summed E-state index contributed by atoms with van der Waals surface area (Å²) in [7, 11) is 1.70. The lowest BCUT2D eigenvalue weighted by Crippen LogP contribution is -1.94. The SMILES string of the molecule is COc1c(C)cc(-c2cc3nccc(Nc4ccc5[nH]ccc5c4C)c3o2)cc1C. The first-order chi connectivity index (χ1) is 14.5. The number of H-pyrrole nitrogens is 1. The van der Waals surface area contributed by atoms with E-state index in [2.05, 4.69) is 52.5 Å². The van der Waals surface area contributed by atoms with Crippen LogP contribution in [-0.2, 0) is 0 Å². The number of aromatic amines is 1. The van der Waals surface area contributed by atoms with Gasteiger partial charge in [-0.05, 0) is 73.9 Å². The summed E-state index contributed by atoms with van der Waals surface area (Å²) >= 11 is 0. The smallest absolute Gasteiger partial charge is 0.176 e. The number of ether oxygens (including phenoxy) is 1. The molecule has 2 aromatic carbocycles. The Hall–Kier alpha value is -3.73. The van der Waals surface area contributed by atoms with Crippen LogP contribution in [0.3, 0.4) is 0 Å². The van der Waals surface area contributed by atoms with Gasteiger partial charge >= 0.3 is 0 Å². The summed E-state index contributed by atoms with van der Waals surface area (Å²) < 4.78 is 11.8. The van der Waals surface area contributed by atoms with Crippen LogP contribution in [0.15, 0.2) is 59.3 Å². The van der Waals surface area contributed by atoms with Crippen molar-refractivity contribution in [2.75, 3.05) is 12.4 Å². The highest BCUT2D eigenvalue weighted by molar-refractivity contribution is 5.94. The number of benzene rings is 2. The van der Waals surface area contributed by atoms with E-state index in [0.717, 1.165) is 56.2 Å². The molecular weight excluding hydrogens is 374 g/mol. The second-order valence-corrected chi connectivity index (χ2v) is 7.63. The molecule has 3 aromatic heterocycles. The third-order valence-electron chi connectivity index (χ3n) is 5.63. The lowest BCUT2D eigenvalue weighted by atomic mass is 10.0. The number of hydrogen-bond acceptors (Lipinski definition) is 4. The number of methoxy groups -OCH3 is 1. The molecule has 5 aromatic rings. The van der Waals surface area contributed by atoms with Crippen molar-refractivity contribution < 1.29 is 9.15 Å². The quantitative estimate of drug-likeness (QED) is 0.356. The average Bonchev–Trinajstić information content (AvgIpc) is 3.37. The zero-order chi connectivity index (χ0) is 20.8. The molecule has 0 aliphatic rings. The van der Waals surface area contributed by atoms with Gasteiger partial charge in [0, 0.05) is 40.6 Å². The normalized spacial score (nSPS) is 11.3. The van der Waals surface area contributed by atoms with E-state index in [1.807, 2.05) is 32.2 Å². The average molecular weight is 397 g/mol. The van der Waals surface area contributed by atoms with Gasteiger partial charge in [-0.3, -0.25) is 4.98 Å². The molecule has 0 aliphatic heterocycles. The number of furan rings is 1. The van der Waals surface area contributed by atoms with Crippen molar-refractivity contribution in [3.8, 4) is 17.1 Å². The fraction of sp³-hybridized carbons (Fsp3) is 0.160. The predicted molar refractivity (Wildman–Crippen MR) is 122 cm³/mol. The minimum absolute atomic E-state index is 0.743. The standard InChI is InChI=1S/C25H23N3O2/c1-14-11-17(12-15(2)24(14)29-4)23-13-22-25(30-23)21(8-10-27-22)28-19-5-6-20-18(16(19)3)7-9-26-20/h5-13,26H,1-4H3,(H,27,28). The second-order valence-electron chi connectivity index (χ2n) is 7.63. The Morgan fingerprint density at radius 1 is 0.967 bits per heavy atom. The molecule has 0 saturated carbocycles. The molecule has 2 N–H and O–H groups in total. The number of hydrogen-bond donors (Lipinski definition) is 2. The van der Waals surface area contributed by atoms with Crippen LogP contribution < -0.4 is 10.1 Å². The maximum atomic E-state index is 6.28. The first-order valence-electron chi connectivity index (χ1n) is 9.93. The van der Waals surface area contributed by atoms with Gasteiger partial charge in [-0.15, -0.1) is 0 Å². The highest BCUT2D eigenvalue weighted by Gasteiger charge is 2.15. The molecule has 5 heteroatoms. The molecule has 0 fully saturated rings. The molecule has 0 bridgehead atoms. The summed E-state index contributed by atoms with van der Waals surface area (Å²) in [5, 5.41) is 4.74. The molecule has 0 aliphatic carbocycles. The minimum Gasteiger partial charge on any atom is -0.496 e. The van der Waals surface area contributed by atoms with Crippen molar-refractivity contribution in [3.05, 3.63) is 71.5 Å². The van der Waals surface area contributed by atoms with E-state index in [4.69, 9.17) is 9.15 Å². The van der Waals surface area contributed by atoms with Gasteiger partial charge in [0.05, 0.1) is 12.8 Å². The van der Waals surface area contributed by atoms with Crippen molar-refractivity contribution in [2.24, 2.45) is 0 Å². The van der Waals surface area contributed by atoms with Gasteiger partial charge in [-0.1, -0.05) is 0 Å². The molecule has 30 heavy (non-hydrogen) atoms. The summed E-state index contributed by atoms with van der Waals surface area (Å²) in [5.41, 5.74) is 8.99. The number of pyridine rings is 1. The van der Waals surface area contributed by atoms with Gasteiger partial charge in [-0.25, -0.2) is 0 Å². The molecule has 0 saturated heterocycles. The number of fused-ring (bicyclic) bond motifs is 2. The molecule has 0 unspecified atom stereocenters. The molecule has 0 radical (unpaired) electrons. The number of aryl methyl sites for hydroxylation is 3. The Morgan fingerprint density at radius 3 is 2.53 bits per heavy atom. The largest absolute Gasteiger partial charge is 0.496 e. The Kier molecular flexibility index (Phi) is 4.24. The van der Waals surface area contributed by atoms with Crippen LogP contribution in [0.5, 0.6) is 5.75 Å². The van der Waals surface area contributed by atoms with Gasteiger partial charge in [-0.2, -0.15) is 0 Å². The fourth-order valence-corrected chi connectivity index (χ4v) is 4.16. The van der Waals surface area contributed by atoms with Gasteiger partial charge < -0.3 is 19.5 Å². The van der Waals surface area contributed by atoms with Crippen molar-refractivity contribution in [3.63, 3.8) is 0 Å². The Labute approximate surface area is 174 Å². The maximum Gasteiger partial charge on any atom is 0.176 e.